The highest BCUT2D eigenvalue weighted by molar-refractivity contribution is 6.18. The highest BCUT2D eigenvalue weighted by Crippen LogP contribution is 2.30. The molecular formula is C15H20ClNO3. The van der Waals surface area contributed by atoms with Crippen LogP contribution >= 0.6 is 11.6 Å². The molecule has 0 aromatic heterocycles. The van der Waals surface area contributed by atoms with Gasteiger partial charge in [0.15, 0.2) is 0 Å². The summed E-state index contributed by atoms with van der Waals surface area (Å²) in [5.41, 5.74) is 0.560. The molecule has 20 heavy (non-hydrogen) atoms. The number of nitrogens with zero attached hydrogens (tertiary/aromatic N) is 1. The molecule has 1 aromatic rings. The fraction of sp³-hybridized carbons (Fsp3) is 0.533. The van der Waals surface area contributed by atoms with E-state index in [1.807, 2.05) is 4.90 Å². The molecule has 4 nitrogen and oxygen atoms in total. The number of methoxy groups -OCH3 is 2. The highest BCUT2D eigenvalue weighted by atomic mass is 35.5. The predicted molar refractivity (Wildman–Crippen MR) is 78.9 cm³/mol. The minimum absolute atomic E-state index is 0.0187. The minimum atomic E-state index is -0.0187. The zero-order valence-corrected chi connectivity index (χ0v) is 12.7. The van der Waals surface area contributed by atoms with E-state index in [9.17, 15) is 4.79 Å². The SMILES string of the molecule is COc1ccc(C(=O)N(CCCl)C2CCC2)c(OC)c1. The third-order valence-electron chi connectivity index (χ3n) is 3.74. The third-order valence-corrected chi connectivity index (χ3v) is 3.91. The van der Waals surface area contributed by atoms with Crippen molar-refractivity contribution in [2.24, 2.45) is 0 Å². The molecule has 0 unspecified atom stereocenters. The van der Waals surface area contributed by atoms with Gasteiger partial charge >= 0.3 is 0 Å². The quantitative estimate of drug-likeness (QED) is 0.758. The maximum atomic E-state index is 12.7. The van der Waals surface area contributed by atoms with Crippen LogP contribution < -0.4 is 9.47 Å². The van der Waals surface area contributed by atoms with Gasteiger partial charge in [0.2, 0.25) is 0 Å². The standard InChI is InChI=1S/C15H20ClNO3/c1-19-12-6-7-13(14(10-12)20-2)15(18)17(9-8-16)11-4-3-5-11/h6-7,10-11H,3-5,8-9H2,1-2H3. The summed E-state index contributed by atoms with van der Waals surface area (Å²) in [5, 5.41) is 0. The van der Waals surface area contributed by atoms with Crippen molar-refractivity contribution in [1.29, 1.82) is 0 Å². The van der Waals surface area contributed by atoms with E-state index in [0.29, 0.717) is 35.5 Å². The number of alkyl halides is 1. The van der Waals surface area contributed by atoms with Crippen LogP contribution in [0.15, 0.2) is 18.2 Å². The van der Waals surface area contributed by atoms with Gasteiger partial charge in [0.1, 0.15) is 11.5 Å². The molecule has 0 radical (unpaired) electrons. The summed E-state index contributed by atoms with van der Waals surface area (Å²) in [7, 11) is 3.14. The molecule has 0 N–H and O–H groups in total. The maximum Gasteiger partial charge on any atom is 0.257 e. The first-order valence-corrected chi connectivity index (χ1v) is 7.33. The molecule has 1 fully saturated rings. The third kappa shape index (κ3) is 3.01. The van der Waals surface area contributed by atoms with Crippen LogP contribution in [0.4, 0.5) is 0 Å². The van der Waals surface area contributed by atoms with Gasteiger partial charge in [-0.2, -0.15) is 0 Å². The Hall–Kier alpha value is -1.42. The Morgan fingerprint density at radius 1 is 1.35 bits per heavy atom. The van der Waals surface area contributed by atoms with Crippen molar-refractivity contribution in [3.05, 3.63) is 23.8 Å². The molecule has 1 amide bonds. The van der Waals surface area contributed by atoms with Gasteiger partial charge in [-0.05, 0) is 31.4 Å². The maximum absolute atomic E-state index is 12.7. The van der Waals surface area contributed by atoms with Gasteiger partial charge in [-0.1, -0.05) is 0 Å². The van der Waals surface area contributed by atoms with Crippen LogP contribution in [0.5, 0.6) is 11.5 Å². The smallest absolute Gasteiger partial charge is 0.257 e. The van der Waals surface area contributed by atoms with E-state index in [-0.39, 0.29) is 5.91 Å². The number of halogens is 1. The summed E-state index contributed by atoms with van der Waals surface area (Å²) in [6.07, 6.45) is 3.29. The number of carbonyl (C=O) groups is 1. The second kappa shape index (κ2) is 6.84. The van der Waals surface area contributed by atoms with Crippen LogP contribution in [0.1, 0.15) is 29.6 Å². The van der Waals surface area contributed by atoms with E-state index >= 15 is 0 Å². The lowest BCUT2D eigenvalue weighted by molar-refractivity contribution is 0.0594. The fourth-order valence-electron chi connectivity index (χ4n) is 2.37. The normalized spacial score (nSPS) is 14.6. The summed E-state index contributed by atoms with van der Waals surface area (Å²) in [6, 6.07) is 5.57. The van der Waals surface area contributed by atoms with Crippen molar-refractivity contribution in [2.45, 2.75) is 25.3 Å². The number of ether oxygens (including phenoxy) is 2. The molecular weight excluding hydrogens is 278 g/mol. The zero-order chi connectivity index (χ0) is 14.5. The van der Waals surface area contributed by atoms with Crippen LogP contribution in [0.3, 0.4) is 0 Å². The lowest BCUT2D eigenvalue weighted by atomic mass is 9.91. The molecule has 1 aromatic carbocycles. The van der Waals surface area contributed by atoms with Crippen molar-refractivity contribution in [2.75, 3.05) is 26.6 Å². The lowest BCUT2D eigenvalue weighted by Gasteiger charge is -2.37. The highest BCUT2D eigenvalue weighted by Gasteiger charge is 2.30. The first-order chi connectivity index (χ1) is 9.71. The molecule has 2 rings (SSSR count). The number of carbonyl (C=O) groups excluding carboxylic acids is 1. The molecule has 0 bridgehead atoms. The van der Waals surface area contributed by atoms with E-state index in [4.69, 9.17) is 21.1 Å². The molecule has 0 atom stereocenters. The monoisotopic (exact) mass is 297 g/mol. The first kappa shape index (κ1) is 15.0. The molecule has 0 saturated heterocycles. The van der Waals surface area contributed by atoms with Gasteiger partial charge < -0.3 is 14.4 Å². The second-order valence-electron chi connectivity index (χ2n) is 4.84. The topological polar surface area (TPSA) is 38.8 Å². The van der Waals surface area contributed by atoms with Gasteiger partial charge in [0, 0.05) is 24.5 Å². The fourth-order valence-corrected chi connectivity index (χ4v) is 2.55. The predicted octanol–water partition coefficient (Wildman–Crippen LogP) is 2.94. The Balaban J connectivity index is 2.25. The minimum Gasteiger partial charge on any atom is -0.497 e. The lowest BCUT2D eigenvalue weighted by Crippen LogP contribution is -2.45. The molecule has 110 valence electrons. The molecule has 0 spiro atoms. The Labute approximate surface area is 124 Å². The van der Waals surface area contributed by atoms with Gasteiger partial charge in [-0.25, -0.2) is 0 Å². The molecule has 5 heteroatoms. The van der Waals surface area contributed by atoms with E-state index < -0.39 is 0 Å². The number of rotatable bonds is 6. The van der Waals surface area contributed by atoms with Crippen molar-refractivity contribution in [3.63, 3.8) is 0 Å². The van der Waals surface area contributed by atoms with Gasteiger partial charge in [-0.3, -0.25) is 4.79 Å². The second-order valence-corrected chi connectivity index (χ2v) is 5.22. The van der Waals surface area contributed by atoms with Crippen molar-refractivity contribution < 1.29 is 14.3 Å². The number of benzene rings is 1. The zero-order valence-electron chi connectivity index (χ0n) is 11.9. The number of amides is 1. The Kier molecular flexibility index (Phi) is 5.12. The van der Waals surface area contributed by atoms with Crippen LogP contribution in [0, 0.1) is 0 Å². The van der Waals surface area contributed by atoms with Crippen molar-refractivity contribution >= 4 is 17.5 Å². The van der Waals surface area contributed by atoms with Crippen LogP contribution in [-0.4, -0.2) is 43.5 Å². The van der Waals surface area contributed by atoms with Gasteiger partial charge in [0.25, 0.3) is 5.91 Å². The van der Waals surface area contributed by atoms with Gasteiger partial charge in [-0.15, -0.1) is 11.6 Å². The molecule has 1 saturated carbocycles. The molecule has 1 aliphatic carbocycles. The van der Waals surface area contributed by atoms with E-state index in [2.05, 4.69) is 0 Å². The Bertz CT molecular complexity index is 474. The summed E-state index contributed by atoms with van der Waals surface area (Å²) in [5.74, 6) is 1.63. The van der Waals surface area contributed by atoms with Crippen LogP contribution in [0.25, 0.3) is 0 Å². The number of hydrogen-bond acceptors (Lipinski definition) is 3. The van der Waals surface area contributed by atoms with Crippen molar-refractivity contribution in [1.82, 2.24) is 4.90 Å². The summed E-state index contributed by atoms with van der Waals surface area (Å²) >= 11 is 5.83. The number of hydrogen-bond donors (Lipinski definition) is 0. The average Bonchev–Trinajstić information content (AvgIpc) is 2.43. The Morgan fingerprint density at radius 3 is 2.60 bits per heavy atom. The van der Waals surface area contributed by atoms with Crippen LogP contribution in [-0.2, 0) is 0 Å². The van der Waals surface area contributed by atoms with Crippen LogP contribution in [0.2, 0.25) is 0 Å². The molecule has 1 aliphatic rings. The molecule has 0 aliphatic heterocycles. The summed E-state index contributed by atoms with van der Waals surface area (Å²) < 4.78 is 10.5. The van der Waals surface area contributed by atoms with E-state index in [1.54, 1.807) is 32.4 Å². The average molecular weight is 298 g/mol. The Morgan fingerprint density at radius 2 is 2.10 bits per heavy atom. The first-order valence-electron chi connectivity index (χ1n) is 6.80. The van der Waals surface area contributed by atoms with E-state index in [1.165, 1.54) is 6.42 Å². The van der Waals surface area contributed by atoms with E-state index in [0.717, 1.165) is 12.8 Å². The summed E-state index contributed by atoms with van der Waals surface area (Å²) in [4.78, 5) is 14.6. The largest absolute Gasteiger partial charge is 0.497 e. The molecule has 0 heterocycles. The van der Waals surface area contributed by atoms with Gasteiger partial charge in [0.05, 0.1) is 19.8 Å². The summed E-state index contributed by atoms with van der Waals surface area (Å²) in [6.45, 7) is 0.570. The van der Waals surface area contributed by atoms with Crippen molar-refractivity contribution in [3.8, 4) is 11.5 Å².